The van der Waals surface area contributed by atoms with Crippen LogP contribution in [0.25, 0.3) is 11.0 Å². The van der Waals surface area contributed by atoms with Crippen LogP contribution in [0.15, 0.2) is 18.2 Å². The van der Waals surface area contributed by atoms with Gasteiger partial charge in [0.15, 0.2) is 0 Å². The first-order chi connectivity index (χ1) is 9.61. The van der Waals surface area contributed by atoms with Crippen molar-refractivity contribution in [2.75, 3.05) is 12.8 Å². The third kappa shape index (κ3) is 2.03. The Kier molecular flexibility index (Phi) is 3.32. The molecule has 1 saturated carbocycles. The van der Waals surface area contributed by atoms with E-state index in [0.717, 1.165) is 22.7 Å². The van der Waals surface area contributed by atoms with Crippen LogP contribution in [0.1, 0.15) is 39.2 Å². The minimum Gasteiger partial charge on any atom is -0.494 e. The molecule has 3 rings (SSSR count). The Morgan fingerprint density at radius 1 is 1.30 bits per heavy atom. The number of imidazole rings is 1. The SMILES string of the molecule is COc1cccc2c1nc(N)n2C1CCC(C)CC1C. The first-order valence-corrected chi connectivity index (χ1v) is 7.42. The number of hydrogen-bond donors (Lipinski definition) is 1. The van der Waals surface area contributed by atoms with Crippen molar-refractivity contribution in [2.45, 2.75) is 39.2 Å². The van der Waals surface area contributed by atoms with Crippen LogP contribution in [0.4, 0.5) is 5.95 Å². The van der Waals surface area contributed by atoms with Gasteiger partial charge < -0.3 is 15.0 Å². The van der Waals surface area contributed by atoms with Gasteiger partial charge >= 0.3 is 0 Å². The molecule has 0 amide bonds. The van der Waals surface area contributed by atoms with Gasteiger partial charge in [-0.1, -0.05) is 19.9 Å². The van der Waals surface area contributed by atoms with Gasteiger partial charge in [-0.25, -0.2) is 4.98 Å². The van der Waals surface area contributed by atoms with E-state index in [1.165, 1.54) is 19.3 Å². The summed E-state index contributed by atoms with van der Waals surface area (Å²) >= 11 is 0. The maximum atomic E-state index is 6.20. The summed E-state index contributed by atoms with van der Waals surface area (Å²) in [4.78, 5) is 4.53. The number of anilines is 1. The summed E-state index contributed by atoms with van der Waals surface area (Å²) in [6.45, 7) is 4.66. The molecular weight excluding hydrogens is 250 g/mol. The highest BCUT2D eigenvalue weighted by Crippen LogP contribution is 2.40. The number of fused-ring (bicyclic) bond motifs is 1. The summed E-state index contributed by atoms with van der Waals surface area (Å²) in [6.07, 6.45) is 3.70. The summed E-state index contributed by atoms with van der Waals surface area (Å²) in [6, 6.07) is 6.48. The standard InChI is InChI=1S/C16H23N3O/c1-10-7-8-12(11(2)9-10)19-13-5-4-6-14(20-3)15(13)18-16(19)17/h4-6,10-12H,7-9H2,1-3H3,(H2,17,18). The number of nitrogens with zero attached hydrogens (tertiary/aromatic N) is 2. The fourth-order valence-electron chi connectivity index (χ4n) is 3.66. The van der Waals surface area contributed by atoms with E-state index in [9.17, 15) is 0 Å². The number of nitrogen functional groups attached to an aromatic ring is 1. The van der Waals surface area contributed by atoms with Crippen molar-refractivity contribution in [1.29, 1.82) is 0 Å². The topological polar surface area (TPSA) is 53.1 Å². The Morgan fingerprint density at radius 3 is 2.80 bits per heavy atom. The van der Waals surface area contributed by atoms with E-state index in [-0.39, 0.29) is 0 Å². The Balaban J connectivity index is 2.09. The average molecular weight is 273 g/mol. The number of methoxy groups -OCH3 is 1. The second kappa shape index (κ2) is 5.00. The second-order valence-corrected chi connectivity index (χ2v) is 6.13. The van der Waals surface area contributed by atoms with E-state index in [2.05, 4.69) is 29.5 Å². The third-order valence-electron chi connectivity index (χ3n) is 4.65. The van der Waals surface area contributed by atoms with Crippen LogP contribution in [0.5, 0.6) is 5.75 Å². The van der Waals surface area contributed by atoms with E-state index in [1.54, 1.807) is 7.11 Å². The number of nitrogens with two attached hydrogens (primary N) is 1. The van der Waals surface area contributed by atoms with E-state index >= 15 is 0 Å². The molecule has 0 bridgehead atoms. The van der Waals surface area contributed by atoms with Gasteiger partial charge in [-0.2, -0.15) is 0 Å². The maximum Gasteiger partial charge on any atom is 0.201 e. The molecule has 4 nitrogen and oxygen atoms in total. The molecule has 2 aromatic rings. The van der Waals surface area contributed by atoms with Crippen LogP contribution in [-0.4, -0.2) is 16.7 Å². The molecule has 20 heavy (non-hydrogen) atoms. The molecule has 0 spiro atoms. The lowest BCUT2D eigenvalue weighted by atomic mass is 9.79. The Hall–Kier alpha value is -1.71. The predicted octanol–water partition coefficient (Wildman–Crippen LogP) is 3.62. The lowest BCUT2D eigenvalue weighted by Gasteiger charge is -2.34. The maximum absolute atomic E-state index is 6.20. The monoisotopic (exact) mass is 273 g/mol. The average Bonchev–Trinajstić information content (AvgIpc) is 2.75. The number of benzene rings is 1. The molecule has 1 aromatic carbocycles. The molecule has 108 valence electrons. The van der Waals surface area contributed by atoms with E-state index in [4.69, 9.17) is 10.5 Å². The van der Waals surface area contributed by atoms with Gasteiger partial charge in [0.2, 0.25) is 5.95 Å². The van der Waals surface area contributed by atoms with Crippen LogP contribution in [0.2, 0.25) is 0 Å². The first kappa shape index (κ1) is 13.3. The lowest BCUT2D eigenvalue weighted by molar-refractivity contribution is 0.213. The van der Waals surface area contributed by atoms with Crippen LogP contribution in [0, 0.1) is 11.8 Å². The molecule has 0 aliphatic heterocycles. The highest BCUT2D eigenvalue weighted by atomic mass is 16.5. The van der Waals surface area contributed by atoms with Crippen LogP contribution in [0.3, 0.4) is 0 Å². The largest absolute Gasteiger partial charge is 0.494 e. The van der Waals surface area contributed by atoms with Crippen molar-refractivity contribution in [2.24, 2.45) is 11.8 Å². The zero-order chi connectivity index (χ0) is 14.3. The minimum absolute atomic E-state index is 0.448. The highest BCUT2D eigenvalue weighted by Gasteiger charge is 2.29. The molecular formula is C16H23N3O. The Labute approximate surface area is 119 Å². The van der Waals surface area contributed by atoms with Crippen LogP contribution < -0.4 is 10.5 Å². The van der Waals surface area contributed by atoms with Gasteiger partial charge in [-0.3, -0.25) is 0 Å². The molecule has 1 aliphatic rings. The van der Waals surface area contributed by atoms with Crippen molar-refractivity contribution in [3.05, 3.63) is 18.2 Å². The highest BCUT2D eigenvalue weighted by molar-refractivity contribution is 5.84. The quantitative estimate of drug-likeness (QED) is 0.909. The van der Waals surface area contributed by atoms with Crippen LogP contribution in [-0.2, 0) is 0 Å². The zero-order valence-corrected chi connectivity index (χ0v) is 12.5. The predicted molar refractivity (Wildman–Crippen MR) is 81.9 cm³/mol. The molecule has 1 fully saturated rings. The minimum atomic E-state index is 0.448. The molecule has 0 saturated heterocycles. The fourth-order valence-corrected chi connectivity index (χ4v) is 3.66. The fraction of sp³-hybridized carbons (Fsp3) is 0.562. The molecule has 2 N–H and O–H groups in total. The number of para-hydroxylation sites is 1. The van der Waals surface area contributed by atoms with Crippen molar-refractivity contribution in [3.8, 4) is 5.75 Å². The summed E-state index contributed by atoms with van der Waals surface area (Å²) in [5, 5.41) is 0. The van der Waals surface area contributed by atoms with Crippen molar-refractivity contribution in [3.63, 3.8) is 0 Å². The summed E-state index contributed by atoms with van der Waals surface area (Å²) in [5.41, 5.74) is 8.17. The van der Waals surface area contributed by atoms with E-state index in [0.29, 0.717) is 17.9 Å². The molecule has 1 aliphatic carbocycles. The summed E-state index contributed by atoms with van der Waals surface area (Å²) in [5.74, 6) is 2.84. The number of ether oxygens (including phenoxy) is 1. The first-order valence-electron chi connectivity index (χ1n) is 7.42. The van der Waals surface area contributed by atoms with E-state index < -0.39 is 0 Å². The van der Waals surface area contributed by atoms with Gasteiger partial charge in [0.05, 0.1) is 12.6 Å². The molecule has 1 heterocycles. The van der Waals surface area contributed by atoms with Gasteiger partial charge in [-0.15, -0.1) is 0 Å². The lowest BCUT2D eigenvalue weighted by Crippen LogP contribution is -2.25. The third-order valence-corrected chi connectivity index (χ3v) is 4.65. The van der Waals surface area contributed by atoms with E-state index in [1.807, 2.05) is 12.1 Å². The van der Waals surface area contributed by atoms with Crippen molar-refractivity contribution in [1.82, 2.24) is 9.55 Å². The van der Waals surface area contributed by atoms with Crippen LogP contribution >= 0.6 is 0 Å². The summed E-state index contributed by atoms with van der Waals surface area (Å²) in [7, 11) is 1.68. The molecule has 1 aromatic heterocycles. The molecule has 0 radical (unpaired) electrons. The van der Waals surface area contributed by atoms with Crippen molar-refractivity contribution >= 4 is 17.0 Å². The second-order valence-electron chi connectivity index (χ2n) is 6.13. The Morgan fingerprint density at radius 2 is 2.10 bits per heavy atom. The normalized spacial score (nSPS) is 26.9. The molecule has 3 unspecified atom stereocenters. The number of aromatic nitrogens is 2. The van der Waals surface area contributed by atoms with Gasteiger partial charge in [0.25, 0.3) is 0 Å². The van der Waals surface area contributed by atoms with Crippen molar-refractivity contribution < 1.29 is 4.74 Å². The van der Waals surface area contributed by atoms with Gasteiger partial charge in [0.1, 0.15) is 11.3 Å². The summed E-state index contributed by atoms with van der Waals surface area (Å²) < 4.78 is 7.61. The molecule has 3 atom stereocenters. The molecule has 4 heteroatoms. The smallest absolute Gasteiger partial charge is 0.201 e. The number of hydrogen-bond acceptors (Lipinski definition) is 3. The van der Waals surface area contributed by atoms with Gasteiger partial charge in [0, 0.05) is 6.04 Å². The van der Waals surface area contributed by atoms with Gasteiger partial charge in [-0.05, 0) is 43.2 Å². The Bertz CT molecular complexity index is 619. The zero-order valence-electron chi connectivity index (χ0n) is 12.5. The number of rotatable bonds is 2.